The van der Waals surface area contributed by atoms with E-state index in [2.05, 4.69) is 30.0 Å². The summed E-state index contributed by atoms with van der Waals surface area (Å²) < 4.78 is 11.1. The van der Waals surface area contributed by atoms with Crippen molar-refractivity contribution in [2.24, 2.45) is 0 Å². The topological polar surface area (TPSA) is 37.8 Å². The van der Waals surface area contributed by atoms with Crippen LogP contribution in [0.2, 0.25) is 5.02 Å². The lowest BCUT2D eigenvalue weighted by atomic mass is 10.0. The van der Waals surface area contributed by atoms with Crippen LogP contribution in [0.15, 0.2) is 42.5 Å². The average Bonchev–Trinajstić information content (AvgIpc) is 3.35. The van der Waals surface area contributed by atoms with E-state index in [9.17, 15) is 0 Å². The number of pyridine rings is 1. The van der Waals surface area contributed by atoms with E-state index in [0.717, 1.165) is 58.3 Å². The highest BCUT2D eigenvalue weighted by Crippen LogP contribution is 2.37. The van der Waals surface area contributed by atoms with Crippen LogP contribution < -0.4 is 9.47 Å². The molecule has 1 fully saturated rings. The molecule has 5 nitrogen and oxygen atoms in total. The fourth-order valence-corrected chi connectivity index (χ4v) is 4.33. The van der Waals surface area contributed by atoms with Crippen LogP contribution in [-0.2, 0) is 6.54 Å². The van der Waals surface area contributed by atoms with Gasteiger partial charge in [-0.1, -0.05) is 23.7 Å². The molecule has 0 aliphatic carbocycles. The van der Waals surface area contributed by atoms with Gasteiger partial charge in [0.2, 0.25) is 6.79 Å². The number of ether oxygens (including phenoxy) is 2. The summed E-state index contributed by atoms with van der Waals surface area (Å²) in [6.45, 7) is 3.32. The molecule has 2 aromatic carbocycles. The predicted molar refractivity (Wildman–Crippen MR) is 116 cm³/mol. The molecule has 3 aromatic rings. The number of likely N-dealkylation sites (N-methyl/N-ethyl adjacent to an activating group) is 1. The lowest BCUT2D eigenvalue weighted by molar-refractivity contribution is 0.174. The van der Waals surface area contributed by atoms with Gasteiger partial charge in [0.15, 0.2) is 11.5 Å². The van der Waals surface area contributed by atoms with Gasteiger partial charge in [-0.15, -0.1) is 0 Å². The van der Waals surface area contributed by atoms with Gasteiger partial charge in [-0.2, -0.15) is 0 Å². The highest BCUT2D eigenvalue weighted by molar-refractivity contribution is 6.30. The summed E-state index contributed by atoms with van der Waals surface area (Å²) >= 11 is 6.12. The molecule has 0 unspecified atom stereocenters. The Hall–Kier alpha value is -2.34. The normalized spacial score (nSPS) is 18.8. The lowest BCUT2D eigenvalue weighted by Crippen LogP contribution is -2.31. The quantitative estimate of drug-likeness (QED) is 0.637. The minimum Gasteiger partial charge on any atom is -0.454 e. The van der Waals surface area contributed by atoms with Crippen molar-refractivity contribution in [3.05, 3.63) is 53.1 Å². The first-order chi connectivity index (χ1) is 14.1. The third-order valence-corrected chi connectivity index (χ3v) is 6.13. The average molecular weight is 410 g/mol. The highest BCUT2D eigenvalue weighted by Gasteiger charge is 2.25. The fourth-order valence-electron chi connectivity index (χ4n) is 4.20. The molecule has 0 bridgehead atoms. The number of aromatic nitrogens is 1. The van der Waals surface area contributed by atoms with Crippen molar-refractivity contribution in [3.8, 4) is 22.8 Å². The monoisotopic (exact) mass is 409 g/mol. The molecule has 29 heavy (non-hydrogen) atoms. The van der Waals surface area contributed by atoms with Crippen molar-refractivity contribution in [1.82, 2.24) is 14.8 Å². The van der Waals surface area contributed by atoms with Gasteiger partial charge < -0.3 is 14.4 Å². The number of hydrogen-bond donors (Lipinski definition) is 0. The minimum atomic E-state index is 0.266. The number of hydrogen-bond acceptors (Lipinski definition) is 5. The number of halogens is 1. The van der Waals surface area contributed by atoms with E-state index in [4.69, 9.17) is 26.1 Å². The molecule has 0 spiro atoms. The second-order valence-corrected chi connectivity index (χ2v) is 8.48. The predicted octanol–water partition coefficient (Wildman–Crippen LogP) is 4.42. The first kappa shape index (κ1) is 18.7. The Morgan fingerprint density at radius 1 is 1.10 bits per heavy atom. The van der Waals surface area contributed by atoms with Crippen LogP contribution in [-0.4, -0.2) is 54.8 Å². The summed E-state index contributed by atoms with van der Waals surface area (Å²) in [5, 5.41) is 1.80. The Morgan fingerprint density at radius 3 is 2.59 bits per heavy atom. The van der Waals surface area contributed by atoms with Crippen LogP contribution in [0.1, 0.15) is 12.0 Å². The largest absolute Gasteiger partial charge is 0.454 e. The van der Waals surface area contributed by atoms with Crippen molar-refractivity contribution in [1.29, 1.82) is 0 Å². The Labute approximate surface area is 175 Å². The number of benzene rings is 2. The molecule has 3 heterocycles. The fraction of sp³-hybridized carbons (Fsp3) is 0.348. The first-order valence-electron chi connectivity index (χ1n) is 9.95. The number of nitrogens with zero attached hydrogens (tertiary/aromatic N) is 3. The Morgan fingerprint density at radius 2 is 1.86 bits per heavy atom. The smallest absolute Gasteiger partial charge is 0.231 e. The molecule has 2 aliphatic heterocycles. The van der Waals surface area contributed by atoms with Gasteiger partial charge in [-0.25, -0.2) is 4.98 Å². The van der Waals surface area contributed by atoms with Gasteiger partial charge in [-0.05, 0) is 50.3 Å². The molecular weight excluding hydrogens is 386 g/mol. The van der Waals surface area contributed by atoms with E-state index >= 15 is 0 Å². The van der Waals surface area contributed by atoms with E-state index < -0.39 is 0 Å². The van der Waals surface area contributed by atoms with Gasteiger partial charge in [0, 0.05) is 47.7 Å². The van der Waals surface area contributed by atoms with Crippen molar-refractivity contribution in [3.63, 3.8) is 0 Å². The lowest BCUT2D eigenvalue weighted by Gasteiger charge is -2.21. The molecular formula is C23H24ClN3O2. The maximum atomic E-state index is 6.12. The van der Waals surface area contributed by atoms with E-state index in [0.29, 0.717) is 6.04 Å². The van der Waals surface area contributed by atoms with E-state index in [1.54, 1.807) is 0 Å². The highest BCUT2D eigenvalue weighted by atomic mass is 35.5. The standard InChI is InChI=1S/C23H24ClN3O2/c1-26(2)19-7-8-27(13-19)12-17-9-16-10-21-22(29-14-28-21)11-20(16)25-23(17)15-3-5-18(24)6-4-15/h3-6,9-11,19H,7-8,12-14H2,1-2H3/t19-/m1/s1. The number of rotatable bonds is 4. The van der Waals surface area contributed by atoms with Gasteiger partial charge in [0.05, 0.1) is 11.2 Å². The van der Waals surface area contributed by atoms with Crippen LogP contribution in [0, 0.1) is 0 Å². The third kappa shape index (κ3) is 3.66. The second kappa shape index (κ2) is 7.48. The van der Waals surface area contributed by atoms with Crippen LogP contribution in [0.3, 0.4) is 0 Å². The Balaban J connectivity index is 1.57. The molecule has 5 rings (SSSR count). The summed E-state index contributed by atoms with van der Waals surface area (Å²) in [6, 6.07) is 14.8. The van der Waals surface area contributed by atoms with Crippen molar-refractivity contribution < 1.29 is 9.47 Å². The molecule has 2 aliphatic rings. The summed E-state index contributed by atoms with van der Waals surface area (Å²) in [5.41, 5.74) is 4.21. The number of likely N-dealkylation sites (tertiary alicyclic amines) is 1. The zero-order valence-electron chi connectivity index (χ0n) is 16.7. The molecule has 0 N–H and O–H groups in total. The maximum absolute atomic E-state index is 6.12. The molecule has 6 heteroatoms. The minimum absolute atomic E-state index is 0.266. The summed E-state index contributed by atoms with van der Waals surface area (Å²) in [7, 11) is 4.32. The third-order valence-electron chi connectivity index (χ3n) is 5.88. The van der Waals surface area contributed by atoms with Crippen LogP contribution >= 0.6 is 11.6 Å². The Bertz CT molecular complexity index is 1050. The zero-order chi connectivity index (χ0) is 20.0. The summed E-state index contributed by atoms with van der Waals surface area (Å²) in [6.07, 6.45) is 1.20. The molecule has 0 amide bonds. The van der Waals surface area contributed by atoms with Crippen molar-refractivity contribution in [2.75, 3.05) is 34.0 Å². The molecule has 1 saturated heterocycles. The van der Waals surface area contributed by atoms with Crippen molar-refractivity contribution in [2.45, 2.75) is 19.0 Å². The Kier molecular flexibility index (Phi) is 4.82. The molecule has 150 valence electrons. The van der Waals surface area contributed by atoms with Gasteiger partial charge >= 0.3 is 0 Å². The van der Waals surface area contributed by atoms with Crippen LogP contribution in [0.25, 0.3) is 22.2 Å². The van der Waals surface area contributed by atoms with Gasteiger partial charge in [0.1, 0.15) is 0 Å². The van der Waals surface area contributed by atoms with Crippen LogP contribution in [0.4, 0.5) is 0 Å². The first-order valence-corrected chi connectivity index (χ1v) is 10.3. The van der Waals surface area contributed by atoms with Gasteiger partial charge in [-0.3, -0.25) is 4.90 Å². The molecule has 1 atom stereocenters. The SMILES string of the molecule is CN(C)[C@@H]1CCN(Cc2cc3cc4c(cc3nc2-c2ccc(Cl)cc2)OCO4)C1. The number of fused-ring (bicyclic) bond motifs is 2. The zero-order valence-corrected chi connectivity index (χ0v) is 17.4. The molecule has 1 aromatic heterocycles. The van der Waals surface area contributed by atoms with Crippen LogP contribution in [0.5, 0.6) is 11.5 Å². The van der Waals surface area contributed by atoms with Gasteiger partial charge in [0.25, 0.3) is 0 Å². The van der Waals surface area contributed by atoms with E-state index in [1.807, 2.05) is 36.4 Å². The van der Waals surface area contributed by atoms with E-state index in [-0.39, 0.29) is 6.79 Å². The summed E-state index contributed by atoms with van der Waals surface area (Å²) in [5.74, 6) is 1.55. The maximum Gasteiger partial charge on any atom is 0.231 e. The molecule has 0 saturated carbocycles. The van der Waals surface area contributed by atoms with Crippen molar-refractivity contribution >= 4 is 22.5 Å². The summed E-state index contributed by atoms with van der Waals surface area (Å²) in [4.78, 5) is 9.87. The second-order valence-electron chi connectivity index (χ2n) is 8.04. The van der Waals surface area contributed by atoms with E-state index in [1.165, 1.54) is 12.0 Å². The molecule has 0 radical (unpaired) electrons.